The fourth-order valence-electron chi connectivity index (χ4n) is 7.33. The van der Waals surface area contributed by atoms with Crippen LogP contribution in [-0.2, 0) is 0 Å². The molecule has 0 bridgehead atoms. The van der Waals surface area contributed by atoms with Gasteiger partial charge in [0.1, 0.15) is 11.2 Å². The van der Waals surface area contributed by atoms with Crippen LogP contribution in [0.1, 0.15) is 0 Å². The maximum atomic E-state index is 6.71. The highest BCUT2D eigenvalue weighted by Gasteiger charge is 2.20. The maximum Gasteiger partial charge on any atom is 0.164 e. The van der Waals surface area contributed by atoms with E-state index in [1.54, 1.807) is 0 Å². The summed E-state index contributed by atoms with van der Waals surface area (Å²) >= 11 is 0. The molecule has 0 amide bonds. The highest BCUT2D eigenvalue weighted by Crippen LogP contribution is 2.41. The second-order valence-corrected chi connectivity index (χ2v) is 13.2. The lowest BCUT2D eigenvalue weighted by Gasteiger charge is -2.13. The molecule has 0 saturated heterocycles. The Morgan fingerprint density at radius 3 is 1.47 bits per heavy atom. The quantitative estimate of drug-likeness (QED) is 0.176. The van der Waals surface area contributed by atoms with E-state index in [-0.39, 0.29) is 0 Å². The van der Waals surface area contributed by atoms with Gasteiger partial charge in [0.15, 0.2) is 17.5 Å². The predicted octanol–water partition coefficient (Wildman–Crippen LogP) is 12.9. The first kappa shape index (κ1) is 30.6. The van der Waals surface area contributed by atoms with Crippen molar-refractivity contribution < 1.29 is 4.42 Å². The summed E-state index contributed by atoms with van der Waals surface area (Å²) in [5.41, 5.74) is 11.3. The third kappa shape index (κ3) is 5.54. The minimum Gasteiger partial charge on any atom is -0.455 e. The first-order valence-electron chi connectivity index (χ1n) is 17.8. The number of benzene rings is 8. The zero-order valence-electron chi connectivity index (χ0n) is 28.6. The number of hydrogen-bond acceptors (Lipinski definition) is 4. The van der Waals surface area contributed by atoms with E-state index in [0.29, 0.717) is 17.5 Å². The van der Waals surface area contributed by atoms with Gasteiger partial charge in [-0.25, -0.2) is 15.0 Å². The van der Waals surface area contributed by atoms with Crippen molar-refractivity contribution in [3.05, 3.63) is 188 Å². The average Bonchev–Trinajstić information content (AvgIpc) is 3.62. The van der Waals surface area contributed by atoms with Gasteiger partial charge in [0.25, 0.3) is 0 Å². The topological polar surface area (TPSA) is 51.8 Å². The van der Waals surface area contributed by atoms with Crippen molar-refractivity contribution in [1.82, 2.24) is 15.0 Å². The molecule has 248 valence electrons. The molecule has 0 N–H and O–H groups in total. The Hall–Kier alpha value is -7.17. The Bertz CT molecular complexity index is 2920. The molecule has 0 aliphatic carbocycles. The second kappa shape index (κ2) is 12.9. The smallest absolute Gasteiger partial charge is 0.164 e. The standard InChI is InChI=1S/C49H31N3O/c1-4-14-32(15-5-1)33-24-26-34(27-25-33)37-28-29-40-43-31-44(39-21-11-12-22-41(39)46(43)53-45(40)30-37)49-51-47(36-18-8-3-9-19-36)50-48(52-49)42-23-13-10-20-38(42)35-16-6-2-7-17-35/h1-31H. The SMILES string of the molecule is c1ccc(-c2ccc(-c3ccc4c(c3)oc3c5ccccc5c(-c5nc(-c6ccccc6)nc(-c6ccccc6-c6ccccc6)n5)cc43)cc2)cc1. The number of furan rings is 1. The predicted molar refractivity (Wildman–Crippen MR) is 217 cm³/mol. The third-order valence-corrected chi connectivity index (χ3v) is 9.97. The van der Waals surface area contributed by atoms with Crippen molar-refractivity contribution >= 4 is 32.7 Å². The molecule has 0 fully saturated rings. The Labute approximate surface area is 306 Å². The van der Waals surface area contributed by atoms with Gasteiger partial charge < -0.3 is 4.42 Å². The number of rotatable bonds is 6. The van der Waals surface area contributed by atoms with Crippen molar-refractivity contribution in [2.45, 2.75) is 0 Å². The Morgan fingerprint density at radius 2 is 0.774 bits per heavy atom. The van der Waals surface area contributed by atoms with Crippen LogP contribution in [0.3, 0.4) is 0 Å². The molecule has 0 aliphatic rings. The molecule has 0 atom stereocenters. The van der Waals surface area contributed by atoms with Crippen molar-refractivity contribution in [1.29, 1.82) is 0 Å². The fourth-order valence-corrected chi connectivity index (χ4v) is 7.33. The summed E-state index contributed by atoms with van der Waals surface area (Å²) < 4.78 is 6.71. The van der Waals surface area contributed by atoms with Gasteiger partial charge in [-0.15, -0.1) is 0 Å². The van der Waals surface area contributed by atoms with Gasteiger partial charge in [-0.05, 0) is 57.0 Å². The molecule has 0 unspecified atom stereocenters. The number of aromatic nitrogens is 3. The number of hydrogen-bond donors (Lipinski definition) is 0. The van der Waals surface area contributed by atoms with Crippen LogP contribution in [-0.4, -0.2) is 15.0 Å². The Balaban J connectivity index is 1.15. The van der Waals surface area contributed by atoms with E-state index in [9.17, 15) is 0 Å². The zero-order valence-corrected chi connectivity index (χ0v) is 28.6. The summed E-state index contributed by atoms with van der Waals surface area (Å²) in [4.78, 5) is 15.5. The summed E-state index contributed by atoms with van der Waals surface area (Å²) in [6.45, 7) is 0. The fraction of sp³-hybridized carbons (Fsp3) is 0. The van der Waals surface area contributed by atoms with Crippen LogP contribution >= 0.6 is 0 Å². The van der Waals surface area contributed by atoms with E-state index in [1.165, 1.54) is 11.1 Å². The zero-order chi connectivity index (χ0) is 35.1. The molecule has 10 aromatic rings. The average molecular weight is 678 g/mol. The van der Waals surface area contributed by atoms with Crippen molar-refractivity contribution in [3.8, 4) is 67.5 Å². The molecule has 53 heavy (non-hydrogen) atoms. The molecule has 8 aromatic carbocycles. The van der Waals surface area contributed by atoms with E-state index in [1.807, 2.05) is 48.5 Å². The van der Waals surface area contributed by atoms with Crippen molar-refractivity contribution in [2.75, 3.05) is 0 Å². The minimum absolute atomic E-state index is 0.610. The van der Waals surface area contributed by atoms with Crippen LogP contribution in [0.25, 0.3) is 100 Å². The van der Waals surface area contributed by atoms with Gasteiger partial charge >= 0.3 is 0 Å². The lowest BCUT2D eigenvalue weighted by Crippen LogP contribution is -2.01. The monoisotopic (exact) mass is 677 g/mol. The summed E-state index contributed by atoms with van der Waals surface area (Å²) in [5.74, 6) is 1.86. The van der Waals surface area contributed by atoms with Gasteiger partial charge in [-0.1, -0.05) is 170 Å². The lowest BCUT2D eigenvalue weighted by atomic mass is 9.97. The Kier molecular flexibility index (Phi) is 7.43. The molecule has 4 heteroatoms. The van der Waals surface area contributed by atoms with Crippen LogP contribution < -0.4 is 0 Å². The Morgan fingerprint density at radius 1 is 0.283 bits per heavy atom. The van der Waals surface area contributed by atoms with E-state index in [2.05, 4.69) is 140 Å². The van der Waals surface area contributed by atoms with Crippen molar-refractivity contribution in [2.24, 2.45) is 0 Å². The molecule has 10 rings (SSSR count). The molecule has 0 radical (unpaired) electrons. The largest absolute Gasteiger partial charge is 0.455 e. The maximum absolute atomic E-state index is 6.71. The first-order valence-corrected chi connectivity index (χ1v) is 17.8. The number of nitrogens with zero attached hydrogens (tertiary/aromatic N) is 3. The summed E-state index contributed by atoms with van der Waals surface area (Å²) in [6, 6.07) is 65.1. The van der Waals surface area contributed by atoms with Crippen LogP contribution in [0.2, 0.25) is 0 Å². The molecule has 0 spiro atoms. The first-order chi connectivity index (χ1) is 26.3. The minimum atomic E-state index is 0.610. The molecular weight excluding hydrogens is 647 g/mol. The molecule has 2 aromatic heterocycles. The van der Waals surface area contributed by atoms with Crippen LogP contribution in [0.15, 0.2) is 192 Å². The van der Waals surface area contributed by atoms with Crippen molar-refractivity contribution in [3.63, 3.8) is 0 Å². The highest BCUT2D eigenvalue weighted by molar-refractivity contribution is 6.19. The van der Waals surface area contributed by atoms with Crippen LogP contribution in [0.5, 0.6) is 0 Å². The summed E-state index contributed by atoms with van der Waals surface area (Å²) in [5, 5.41) is 4.09. The van der Waals surface area contributed by atoms with E-state index < -0.39 is 0 Å². The van der Waals surface area contributed by atoms with Gasteiger partial charge in [-0.3, -0.25) is 0 Å². The van der Waals surface area contributed by atoms with Gasteiger partial charge in [0.2, 0.25) is 0 Å². The van der Waals surface area contributed by atoms with Gasteiger partial charge in [-0.2, -0.15) is 0 Å². The molecular formula is C49H31N3O. The summed E-state index contributed by atoms with van der Waals surface area (Å²) in [7, 11) is 0. The van der Waals surface area contributed by atoms with Gasteiger partial charge in [0.05, 0.1) is 0 Å². The van der Waals surface area contributed by atoms with Gasteiger partial charge in [0, 0.05) is 32.8 Å². The molecule has 4 nitrogen and oxygen atoms in total. The molecule has 2 heterocycles. The van der Waals surface area contributed by atoms with Crippen LogP contribution in [0, 0.1) is 0 Å². The second-order valence-electron chi connectivity index (χ2n) is 13.2. The van der Waals surface area contributed by atoms with E-state index in [0.717, 1.165) is 71.7 Å². The summed E-state index contributed by atoms with van der Waals surface area (Å²) in [6.07, 6.45) is 0. The molecule has 0 aliphatic heterocycles. The van der Waals surface area contributed by atoms with E-state index >= 15 is 0 Å². The van der Waals surface area contributed by atoms with E-state index in [4.69, 9.17) is 19.4 Å². The third-order valence-electron chi connectivity index (χ3n) is 9.97. The lowest BCUT2D eigenvalue weighted by molar-refractivity contribution is 0.673. The number of fused-ring (bicyclic) bond motifs is 5. The highest BCUT2D eigenvalue weighted by atomic mass is 16.3. The molecule has 0 saturated carbocycles. The van der Waals surface area contributed by atoms with Crippen LogP contribution in [0.4, 0.5) is 0 Å². The normalized spacial score (nSPS) is 11.4.